The zero-order valence-electron chi connectivity index (χ0n) is 6.74. The van der Waals surface area contributed by atoms with Gasteiger partial charge in [-0.05, 0) is 6.92 Å². The van der Waals surface area contributed by atoms with Crippen molar-refractivity contribution in [1.82, 2.24) is 5.01 Å². The van der Waals surface area contributed by atoms with Gasteiger partial charge in [0.1, 0.15) is 5.71 Å². The number of hydrazone groups is 1. The molecular weight excluding hydrogens is 144 g/mol. The molecule has 1 N–H and O–H groups in total. The fourth-order valence-corrected chi connectivity index (χ4v) is 0.526. The fraction of sp³-hybridized carbons (Fsp3) is 0.429. The Hall–Kier alpha value is -1.32. The van der Waals surface area contributed by atoms with Crippen molar-refractivity contribution in [3.63, 3.8) is 0 Å². The number of carboxylic acid groups (broad SMARTS) is 1. The normalized spacial score (nSPS) is 10.9. The van der Waals surface area contributed by atoms with Gasteiger partial charge < -0.3 is 5.11 Å². The SMILES string of the molecule is C=CCN(C)N=C(C)C(=O)O. The number of hydrogen-bond acceptors (Lipinski definition) is 3. The quantitative estimate of drug-likeness (QED) is 0.367. The molecule has 0 fully saturated rings. The molecule has 0 aromatic rings. The molecule has 0 aromatic carbocycles. The maximum atomic E-state index is 10.3. The van der Waals surface area contributed by atoms with E-state index in [1.54, 1.807) is 13.1 Å². The second-order valence-corrected chi connectivity index (χ2v) is 2.12. The predicted octanol–water partition coefficient (Wildman–Crippen LogP) is 0.565. The Morgan fingerprint density at radius 3 is 2.73 bits per heavy atom. The molecule has 4 heteroatoms. The lowest BCUT2D eigenvalue weighted by molar-refractivity contribution is -0.129. The average Bonchev–Trinajstić information content (AvgIpc) is 1.87. The minimum atomic E-state index is -0.999. The zero-order chi connectivity index (χ0) is 8.85. The Morgan fingerprint density at radius 1 is 1.82 bits per heavy atom. The van der Waals surface area contributed by atoms with Gasteiger partial charge in [-0.25, -0.2) is 4.79 Å². The van der Waals surface area contributed by atoms with Crippen molar-refractivity contribution in [3.05, 3.63) is 12.7 Å². The highest BCUT2D eigenvalue weighted by atomic mass is 16.4. The maximum Gasteiger partial charge on any atom is 0.351 e. The topological polar surface area (TPSA) is 52.9 Å². The number of carbonyl (C=O) groups is 1. The van der Waals surface area contributed by atoms with Gasteiger partial charge in [0.25, 0.3) is 0 Å². The van der Waals surface area contributed by atoms with Crippen molar-refractivity contribution in [2.24, 2.45) is 5.10 Å². The van der Waals surface area contributed by atoms with Crippen molar-refractivity contribution in [2.45, 2.75) is 6.92 Å². The molecule has 0 radical (unpaired) electrons. The number of hydrogen-bond donors (Lipinski definition) is 1. The van der Waals surface area contributed by atoms with Crippen LogP contribution in [0.3, 0.4) is 0 Å². The molecule has 0 aromatic heterocycles. The van der Waals surface area contributed by atoms with Gasteiger partial charge in [0.05, 0.1) is 6.54 Å². The summed E-state index contributed by atoms with van der Waals surface area (Å²) in [5.74, 6) is -0.999. The Bertz CT molecular complexity index is 187. The van der Waals surface area contributed by atoms with E-state index in [1.807, 2.05) is 0 Å². The van der Waals surface area contributed by atoms with E-state index in [0.29, 0.717) is 6.54 Å². The van der Waals surface area contributed by atoms with Gasteiger partial charge in [-0.15, -0.1) is 6.58 Å². The van der Waals surface area contributed by atoms with Gasteiger partial charge in [-0.3, -0.25) is 5.01 Å². The molecule has 0 rings (SSSR count). The van der Waals surface area contributed by atoms with Gasteiger partial charge in [-0.2, -0.15) is 5.10 Å². The lowest BCUT2D eigenvalue weighted by Crippen LogP contribution is -2.17. The van der Waals surface area contributed by atoms with E-state index in [1.165, 1.54) is 11.9 Å². The first-order valence-electron chi connectivity index (χ1n) is 3.18. The van der Waals surface area contributed by atoms with E-state index in [2.05, 4.69) is 11.7 Å². The van der Waals surface area contributed by atoms with Gasteiger partial charge in [0.2, 0.25) is 0 Å². The molecule has 0 aliphatic heterocycles. The third kappa shape index (κ3) is 4.13. The highest BCUT2D eigenvalue weighted by Gasteiger charge is 2.01. The molecule has 0 bridgehead atoms. The number of rotatable bonds is 4. The van der Waals surface area contributed by atoms with E-state index < -0.39 is 5.97 Å². The van der Waals surface area contributed by atoms with Gasteiger partial charge in [0.15, 0.2) is 0 Å². The summed E-state index contributed by atoms with van der Waals surface area (Å²) in [5.41, 5.74) is 0.0781. The van der Waals surface area contributed by atoms with Crippen molar-refractivity contribution in [3.8, 4) is 0 Å². The highest BCUT2D eigenvalue weighted by Crippen LogP contribution is 1.86. The summed E-state index contributed by atoms with van der Waals surface area (Å²) in [4.78, 5) is 10.3. The first kappa shape index (κ1) is 9.68. The lowest BCUT2D eigenvalue weighted by Gasteiger charge is -2.09. The molecule has 11 heavy (non-hydrogen) atoms. The van der Waals surface area contributed by atoms with Crippen LogP contribution in [-0.2, 0) is 4.79 Å². The van der Waals surface area contributed by atoms with E-state index in [4.69, 9.17) is 5.11 Å². The van der Waals surface area contributed by atoms with Crippen molar-refractivity contribution < 1.29 is 9.90 Å². The second kappa shape index (κ2) is 4.49. The van der Waals surface area contributed by atoms with Crippen LogP contribution in [0.15, 0.2) is 17.8 Å². The minimum Gasteiger partial charge on any atom is -0.477 e. The van der Waals surface area contributed by atoms with Crippen LogP contribution in [0.5, 0.6) is 0 Å². The number of carboxylic acids is 1. The molecule has 4 nitrogen and oxygen atoms in total. The van der Waals surface area contributed by atoms with Gasteiger partial charge >= 0.3 is 5.97 Å². The molecule has 0 unspecified atom stereocenters. The minimum absolute atomic E-state index is 0.0781. The zero-order valence-corrected chi connectivity index (χ0v) is 6.74. The molecular formula is C7H12N2O2. The van der Waals surface area contributed by atoms with E-state index in [9.17, 15) is 4.79 Å². The molecule has 0 heterocycles. The number of nitrogens with zero attached hydrogens (tertiary/aromatic N) is 2. The lowest BCUT2D eigenvalue weighted by atomic mass is 10.4. The van der Waals surface area contributed by atoms with Crippen LogP contribution in [0.4, 0.5) is 0 Å². The van der Waals surface area contributed by atoms with Crippen LogP contribution in [0.2, 0.25) is 0 Å². The first-order chi connectivity index (χ1) is 5.07. The smallest absolute Gasteiger partial charge is 0.351 e. The summed E-state index contributed by atoms with van der Waals surface area (Å²) >= 11 is 0. The summed E-state index contributed by atoms with van der Waals surface area (Å²) < 4.78 is 0. The van der Waals surface area contributed by atoms with Crippen LogP contribution >= 0.6 is 0 Å². The molecule has 0 saturated heterocycles. The van der Waals surface area contributed by atoms with Gasteiger partial charge in [-0.1, -0.05) is 6.08 Å². The Balaban J connectivity index is 4.06. The summed E-state index contributed by atoms with van der Waals surface area (Å²) in [6.45, 7) is 5.49. The molecule has 0 amide bonds. The molecule has 0 aliphatic rings. The summed E-state index contributed by atoms with van der Waals surface area (Å²) in [5, 5.41) is 13.7. The Kier molecular flexibility index (Phi) is 3.95. The molecule has 0 atom stereocenters. The molecule has 0 spiro atoms. The van der Waals surface area contributed by atoms with Crippen LogP contribution in [0.25, 0.3) is 0 Å². The van der Waals surface area contributed by atoms with Crippen LogP contribution < -0.4 is 0 Å². The standard InChI is InChI=1S/C7H12N2O2/c1-4-5-9(3)8-6(2)7(10)11/h4H,1,5H2,2-3H3,(H,10,11). The fourth-order valence-electron chi connectivity index (χ4n) is 0.526. The van der Waals surface area contributed by atoms with Crippen molar-refractivity contribution >= 4 is 11.7 Å². The summed E-state index contributed by atoms with van der Waals surface area (Å²) in [6.07, 6.45) is 1.65. The first-order valence-corrected chi connectivity index (χ1v) is 3.18. The maximum absolute atomic E-state index is 10.3. The number of aliphatic carboxylic acids is 1. The Morgan fingerprint density at radius 2 is 2.36 bits per heavy atom. The largest absolute Gasteiger partial charge is 0.477 e. The highest BCUT2D eigenvalue weighted by molar-refractivity contribution is 6.34. The molecule has 0 saturated carbocycles. The third-order valence-electron chi connectivity index (χ3n) is 1.02. The summed E-state index contributed by atoms with van der Waals surface area (Å²) in [6, 6.07) is 0. The third-order valence-corrected chi connectivity index (χ3v) is 1.02. The van der Waals surface area contributed by atoms with Crippen LogP contribution in [0, 0.1) is 0 Å². The summed E-state index contributed by atoms with van der Waals surface area (Å²) in [7, 11) is 1.69. The molecule has 0 aliphatic carbocycles. The average molecular weight is 156 g/mol. The monoisotopic (exact) mass is 156 g/mol. The van der Waals surface area contributed by atoms with E-state index in [-0.39, 0.29) is 5.71 Å². The van der Waals surface area contributed by atoms with Crippen LogP contribution in [0.1, 0.15) is 6.92 Å². The van der Waals surface area contributed by atoms with Crippen molar-refractivity contribution in [2.75, 3.05) is 13.6 Å². The van der Waals surface area contributed by atoms with Crippen LogP contribution in [-0.4, -0.2) is 35.4 Å². The van der Waals surface area contributed by atoms with E-state index >= 15 is 0 Å². The van der Waals surface area contributed by atoms with Crippen molar-refractivity contribution in [1.29, 1.82) is 0 Å². The molecule has 62 valence electrons. The van der Waals surface area contributed by atoms with E-state index in [0.717, 1.165) is 0 Å². The number of likely N-dealkylation sites (N-methyl/N-ethyl adjacent to an activating group) is 1. The Labute approximate surface area is 65.8 Å². The van der Waals surface area contributed by atoms with Gasteiger partial charge in [0, 0.05) is 7.05 Å². The predicted molar refractivity (Wildman–Crippen MR) is 43.6 cm³/mol. The second-order valence-electron chi connectivity index (χ2n) is 2.12.